The zero-order chi connectivity index (χ0) is 10.4. The lowest BCUT2D eigenvalue weighted by molar-refractivity contribution is 0.0716. The number of rotatable bonds is 5. The molecular formula is C8H14N4O2. The number of aromatic nitrogens is 3. The molecule has 1 heterocycles. The highest BCUT2D eigenvalue weighted by molar-refractivity contribution is 5.91. The summed E-state index contributed by atoms with van der Waals surface area (Å²) < 4.78 is 0. The number of H-pyrrole nitrogens is 1. The highest BCUT2D eigenvalue weighted by Crippen LogP contribution is 2.00. The predicted octanol–water partition coefficient (Wildman–Crippen LogP) is -0.351. The van der Waals surface area contributed by atoms with E-state index in [0.717, 1.165) is 6.42 Å². The lowest BCUT2D eigenvalue weighted by Gasteiger charge is -2.19. The molecule has 0 bridgehead atoms. The van der Waals surface area contributed by atoms with Gasteiger partial charge in [-0.25, -0.2) is 0 Å². The van der Waals surface area contributed by atoms with Crippen molar-refractivity contribution in [1.82, 2.24) is 20.3 Å². The Morgan fingerprint density at radius 2 is 2.43 bits per heavy atom. The van der Waals surface area contributed by atoms with Gasteiger partial charge in [0.25, 0.3) is 5.91 Å². The van der Waals surface area contributed by atoms with Crippen molar-refractivity contribution in [2.75, 3.05) is 19.7 Å². The highest BCUT2D eigenvalue weighted by Gasteiger charge is 2.16. The zero-order valence-electron chi connectivity index (χ0n) is 8.10. The van der Waals surface area contributed by atoms with Crippen LogP contribution in [0.5, 0.6) is 0 Å². The van der Waals surface area contributed by atoms with E-state index in [-0.39, 0.29) is 18.2 Å². The number of hydrogen-bond donors (Lipinski definition) is 2. The first-order valence-corrected chi connectivity index (χ1v) is 4.55. The van der Waals surface area contributed by atoms with E-state index in [0.29, 0.717) is 13.1 Å². The van der Waals surface area contributed by atoms with E-state index in [4.69, 9.17) is 5.11 Å². The van der Waals surface area contributed by atoms with E-state index < -0.39 is 0 Å². The Balaban J connectivity index is 2.63. The molecule has 1 rings (SSSR count). The van der Waals surface area contributed by atoms with Gasteiger partial charge in [-0.15, -0.1) is 0 Å². The fraction of sp³-hybridized carbons (Fsp3) is 0.625. The molecule has 2 N–H and O–H groups in total. The van der Waals surface area contributed by atoms with Crippen LogP contribution in [0.25, 0.3) is 0 Å². The molecule has 0 unspecified atom stereocenters. The van der Waals surface area contributed by atoms with Crippen LogP contribution in [0.3, 0.4) is 0 Å². The molecule has 1 aromatic heterocycles. The minimum atomic E-state index is -0.199. The molecule has 6 nitrogen and oxygen atoms in total. The Labute approximate surface area is 81.9 Å². The van der Waals surface area contributed by atoms with E-state index in [1.807, 2.05) is 6.92 Å². The smallest absolute Gasteiger partial charge is 0.276 e. The molecule has 0 aromatic carbocycles. The Morgan fingerprint density at radius 3 is 2.93 bits per heavy atom. The number of aromatic amines is 1. The van der Waals surface area contributed by atoms with Gasteiger partial charge in [-0.05, 0) is 6.42 Å². The molecule has 0 aliphatic carbocycles. The van der Waals surface area contributed by atoms with Gasteiger partial charge in [-0.3, -0.25) is 4.79 Å². The molecule has 14 heavy (non-hydrogen) atoms. The van der Waals surface area contributed by atoms with Crippen LogP contribution < -0.4 is 0 Å². The van der Waals surface area contributed by atoms with Gasteiger partial charge in [0, 0.05) is 13.1 Å². The first kappa shape index (κ1) is 10.6. The van der Waals surface area contributed by atoms with Gasteiger partial charge in [0.2, 0.25) is 0 Å². The van der Waals surface area contributed by atoms with Crippen LogP contribution in [0.15, 0.2) is 6.20 Å². The van der Waals surface area contributed by atoms with Gasteiger partial charge in [-0.2, -0.15) is 15.4 Å². The Bertz CT molecular complexity index is 267. The molecule has 0 saturated heterocycles. The van der Waals surface area contributed by atoms with E-state index in [1.165, 1.54) is 6.20 Å². The van der Waals surface area contributed by atoms with Gasteiger partial charge < -0.3 is 10.0 Å². The Kier molecular flexibility index (Phi) is 4.06. The first-order chi connectivity index (χ1) is 6.79. The topological polar surface area (TPSA) is 82.1 Å². The summed E-state index contributed by atoms with van der Waals surface area (Å²) in [5.41, 5.74) is 0.284. The summed E-state index contributed by atoms with van der Waals surface area (Å²) in [5, 5.41) is 18.4. The Hall–Kier alpha value is -1.43. The van der Waals surface area contributed by atoms with Crippen LogP contribution in [-0.2, 0) is 0 Å². The van der Waals surface area contributed by atoms with Crippen molar-refractivity contribution in [2.24, 2.45) is 0 Å². The lowest BCUT2D eigenvalue weighted by atomic mass is 10.3. The third kappa shape index (κ3) is 2.53. The van der Waals surface area contributed by atoms with Gasteiger partial charge in [0.1, 0.15) is 0 Å². The van der Waals surface area contributed by atoms with Gasteiger partial charge in [0.15, 0.2) is 5.69 Å². The number of amides is 1. The normalized spacial score (nSPS) is 10.1. The number of hydrogen-bond acceptors (Lipinski definition) is 4. The molecule has 0 aliphatic rings. The fourth-order valence-corrected chi connectivity index (χ4v) is 1.17. The second-order valence-corrected chi connectivity index (χ2v) is 2.87. The predicted molar refractivity (Wildman–Crippen MR) is 49.7 cm³/mol. The monoisotopic (exact) mass is 198 g/mol. The van der Waals surface area contributed by atoms with Crippen molar-refractivity contribution in [3.63, 3.8) is 0 Å². The summed E-state index contributed by atoms with van der Waals surface area (Å²) in [6, 6.07) is 0. The molecule has 0 saturated carbocycles. The number of aliphatic hydroxyl groups is 1. The van der Waals surface area contributed by atoms with Gasteiger partial charge in [-0.1, -0.05) is 6.92 Å². The van der Waals surface area contributed by atoms with Crippen molar-refractivity contribution in [2.45, 2.75) is 13.3 Å². The van der Waals surface area contributed by atoms with Crippen LogP contribution in [0, 0.1) is 0 Å². The summed E-state index contributed by atoms with van der Waals surface area (Å²) >= 11 is 0. The molecule has 0 fully saturated rings. The van der Waals surface area contributed by atoms with Gasteiger partial charge >= 0.3 is 0 Å². The van der Waals surface area contributed by atoms with Crippen LogP contribution in [-0.4, -0.2) is 51.0 Å². The van der Waals surface area contributed by atoms with E-state index in [2.05, 4.69) is 15.4 Å². The molecule has 0 radical (unpaired) electrons. The average Bonchev–Trinajstić information content (AvgIpc) is 2.69. The first-order valence-electron chi connectivity index (χ1n) is 4.55. The number of carbonyl (C=O) groups is 1. The number of carbonyl (C=O) groups excluding carboxylic acids is 1. The molecule has 0 spiro atoms. The number of aliphatic hydroxyl groups excluding tert-OH is 1. The maximum atomic E-state index is 11.7. The highest BCUT2D eigenvalue weighted by atomic mass is 16.3. The summed E-state index contributed by atoms with van der Waals surface area (Å²) in [6.45, 7) is 2.88. The van der Waals surface area contributed by atoms with E-state index >= 15 is 0 Å². The van der Waals surface area contributed by atoms with Crippen LogP contribution in [0.1, 0.15) is 23.8 Å². The van der Waals surface area contributed by atoms with Crippen LogP contribution in [0.2, 0.25) is 0 Å². The molecule has 1 aromatic rings. The molecule has 0 aliphatic heterocycles. The molecule has 6 heteroatoms. The number of nitrogens with zero attached hydrogens (tertiary/aromatic N) is 3. The standard InChI is InChI=1S/C8H14N4O2/c1-2-3-12(4-5-13)8(14)7-6-9-11-10-7/h6,13H,2-5H2,1H3,(H,9,10,11). The maximum absolute atomic E-state index is 11.7. The summed E-state index contributed by atoms with van der Waals surface area (Å²) in [7, 11) is 0. The van der Waals surface area contributed by atoms with Crippen molar-refractivity contribution in [1.29, 1.82) is 0 Å². The van der Waals surface area contributed by atoms with E-state index in [1.54, 1.807) is 4.90 Å². The largest absolute Gasteiger partial charge is 0.395 e. The van der Waals surface area contributed by atoms with Crippen molar-refractivity contribution in [3.05, 3.63) is 11.9 Å². The third-order valence-corrected chi connectivity index (χ3v) is 1.78. The SMILES string of the molecule is CCCN(CCO)C(=O)c1cn[nH]n1. The summed E-state index contributed by atoms with van der Waals surface area (Å²) in [4.78, 5) is 13.2. The Morgan fingerprint density at radius 1 is 1.64 bits per heavy atom. The quantitative estimate of drug-likeness (QED) is 0.677. The van der Waals surface area contributed by atoms with E-state index in [9.17, 15) is 4.79 Å². The minimum absolute atomic E-state index is 0.0381. The number of nitrogens with one attached hydrogen (secondary N) is 1. The summed E-state index contributed by atoms with van der Waals surface area (Å²) in [5.74, 6) is -0.199. The minimum Gasteiger partial charge on any atom is -0.395 e. The fourth-order valence-electron chi connectivity index (χ4n) is 1.17. The van der Waals surface area contributed by atoms with Crippen LogP contribution >= 0.6 is 0 Å². The average molecular weight is 198 g/mol. The molecule has 0 atom stereocenters. The van der Waals surface area contributed by atoms with Crippen molar-refractivity contribution in [3.8, 4) is 0 Å². The third-order valence-electron chi connectivity index (χ3n) is 1.78. The molecule has 78 valence electrons. The lowest BCUT2D eigenvalue weighted by Crippen LogP contribution is -2.34. The second kappa shape index (κ2) is 5.33. The van der Waals surface area contributed by atoms with Crippen molar-refractivity contribution < 1.29 is 9.90 Å². The maximum Gasteiger partial charge on any atom is 0.276 e. The molecule has 1 amide bonds. The zero-order valence-corrected chi connectivity index (χ0v) is 8.10. The van der Waals surface area contributed by atoms with Crippen LogP contribution in [0.4, 0.5) is 0 Å². The summed E-state index contributed by atoms with van der Waals surface area (Å²) in [6.07, 6.45) is 2.23. The second-order valence-electron chi connectivity index (χ2n) is 2.87. The molecular weight excluding hydrogens is 184 g/mol. The van der Waals surface area contributed by atoms with Crippen molar-refractivity contribution >= 4 is 5.91 Å². The van der Waals surface area contributed by atoms with Gasteiger partial charge in [0.05, 0.1) is 12.8 Å².